The molecule has 0 spiro atoms. The largest absolute Gasteiger partial charge is 0.264 e. The molecule has 0 aliphatic carbocycles. The Morgan fingerprint density at radius 2 is 2.08 bits per heavy atom. The van der Waals surface area contributed by atoms with Gasteiger partial charge in [-0.05, 0) is 62.7 Å². The summed E-state index contributed by atoms with van der Waals surface area (Å²) in [6, 6.07) is 4.06. The van der Waals surface area contributed by atoms with E-state index in [1.54, 1.807) is 6.20 Å². The van der Waals surface area contributed by atoms with Crippen molar-refractivity contribution in [2.45, 2.75) is 0 Å². The molecule has 0 aliphatic heterocycles. The summed E-state index contributed by atoms with van der Waals surface area (Å²) in [5.74, 6) is 0. The van der Waals surface area contributed by atoms with Gasteiger partial charge in [0.2, 0.25) is 0 Å². The minimum absolute atomic E-state index is 1.02. The molecule has 2 heterocycles. The van der Waals surface area contributed by atoms with Crippen molar-refractivity contribution >= 4 is 56.0 Å². The fourth-order valence-electron chi connectivity index (χ4n) is 1.02. The van der Waals surface area contributed by atoms with Crippen LogP contribution in [0.3, 0.4) is 0 Å². The molecule has 0 amide bonds. The smallest absolute Gasteiger partial charge is 0.111 e. The van der Waals surface area contributed by atoms with Gasteiger partial charge in [-0.1, -0.05) is 0 Å². The molecule has 0 saturated heterocycles. The van der Waals surface area contributed by atoms with Gasteiger partial charge in [0.15, 0.2) is 0 Å². The van der Waals surface area contributed by atoms with E-state index in [1.165, 1.54) is 5.39 Å². The number of nitrogens with zero attached hydrogens (tertiary/aromatic N) is 2. The van der Waals surface area contributed by atoms with Gasteiger partial charge < -0.3 is 0 Å². The van der Waals surface area contributed by atoms with Crippen LogP contribution in [0.15, 0.2) is 24.5 Å². The summed E-state index contributed by atoms with van der Waals surface area (Å²) < 4.78 is 2.04. The summed E-state index contributed by atoms with van der Waals surface area (Å²) >= 11 is 4.45. The van der Waals surface area contributed by atoms with Crippen molar-refractivity contribution < 1.29 is 0 Å². The van der Waals surface area contributed by atoms with Crippen molar-refractivity contribution in [1.29, 1.82) is 0 Å². The highest BCUT2D eigenvalue weighted by Gasteiger charge is 2.00. The zero-order chi connectivity index (χ0) is 8.55. The molecule has 0 unspecified atom stereocenters. The molecule has 2 nitrogen and oxygen atoms in total. The Bertz CT molecular complexity index is 428. The summed E-state index contributed by atoms with van der Waals surface area (Å²) in [4.78, 5) is 8.39. The normalized spacial score (nSPS) is 10.5. The third-order valence-corrected chi connectivity index (χ3v) is 2.93. The van der Waals surface area contributed by atoms with E-state index in [0.29, 0.717) is 0 Å². The van der Waals surface area contributed by atoms with Crippen molar-refractivity contribution in [3.8, 4) is 0 Å². The summed E-state index contributed by atoms with van der Waals surface area (Å²) in [5.41, 5.74) is 0. The molecule has 2 aromatic heterocycles. The van der Waals surface area contributed by atoms with Crippen LogP contribution in [0, 0.1) is 7.40 Å². The van der Waals surface area contributed by atoms with Crippen LogP contribution >= 0.6 is 45.2 Å². The Labute approximate surface area is 97.1 Å². The lowest BCUT2D eigenvalue weighted by molar-refractivity contribution is 1.24. The Morgan fingerprint density at radius 3 is 2.92 bits per heavy atom. The van der Waals surface area contributed by atoms with E-state index in [1.807, 2.05) is 12.3 Å². The first kappa shape index (κ1) is 8.61. The minimum atomic E-state index is 1.02. The predicted molar refractivity (Wildman–Crippen MR) is 65.0 cm³/mol. The van der Waals surface area contributed by atoms with Crippen molar-refractivity contribution in [3.63, 3.8) is 0 Å². The van der Waals surface area contributed by atoms with Crippen LogP contribution in [0.1, 0.15) is 0 Å². The molecular formula is C8H4I2N2. The van der Waals surface area contributed by atoms with Gasteiger partial charge in [0.05, 0.1) is 0 Å². The minimum Gasteiger partial charge on any atom is -0.264 e. The van der Waals surface area contributed by atoms with E-state index in [9.17, 15) is 0 Å². The average molecular weight is 382 g/mol. The van der Waals surface area contributed by atoms with E-state index in [-0.39, 0.29) is 0 Å². The van der Waals surface area contributed by atoms with Crippen LogP contribution in [0.2, 0.25) is 0 Å². The number of halogens is 2. The van der Waals surface area contributed by atoms with Crippen LogP contribution in [-0.2, 0) is 0 Å². The van der Waals surface area contributed by atoms with Crippen molar-refractivity contribution in [2.24, 2.45) is 0 Å². The highest BCUT2D eigenvalue weighted by molar-refractivity contribution is 14.1. The zero-order valence-electron chi connectivity index (χ0n) is 5.96. The van der Waals surface area contributed by atoms with Gasteiger partial charge in [0.1, 0.15) is 7.40 Å². The number of hydrogen-bond donors (Lipinski definition) is 0. The molecule has 0 bridgehead atoms. The van der Waals surface area contributed by atoms with E-state index in [2.05, 4.69) is 61.2 Å². The number of aromatic nitrogens is 2. The Kier molecular flexibility index (Phi) is 2.44. The van der Waals surface area contributed by atoms with Gasteiger partial charge in [-0.15, -0.1) is 0 Å². The highest BCUT2D eigenvalue weighted by Crippen LogP contribution is 2.19. The van der Waals surface area contributed by atoms with Gasteiger partial charge in [-0.25, -0.2) is 4.98 Å². The molecule has 0 aromatic carbocycles. The van der Waals surface area contributed by atoms with Crippen molar-refractivity contribution in [1.82, 2.24) is 9.97 Å². The van der Waals surface area contributed by atoms with Gasteiger partial charge in [0.25, 0.3) is 0 Å². The molecule has 12 heavy (non-hydrogen) atoms. The summed E-state index contributed by atoms with van der Waals surface area (Å²) in [6.07, 6.45) is 3.65. The summed E-state index contributed by atoms with van der Waals surface area (Å²) in [5, 5.41) is 2.33. The standard InChI is InChI=1S/C8H4I2N2/c9-7-3-5-1-2-11-4-6(5)8(10)12-7/h1-4H. The van der Waals surface area contributed by atoms with Gasteiger partial charge in [-0.2, -0.15) is 0 Å². The molecular weight excluding hydrogens is 378 g/mol. The first-order chi connectivity index (χ1) is 5.77. The third-order valence-electron chi connectivity index (χ3n) is 1.56. The topological polar surface area (TPSA) is 25.8 Å². The maximum absolute atomic E-state index is 4.34. The lowest BCUT2D eigenvalue weighted by Gasteiger charge is -1.99. The average Bonchev–Trinajstić information content (AvgIpc) is 2.04. The molecule has 2 aromatic rings. The molecule has 0 atom stereocenters. The molecule has 0 saturated carbocycles. The Hall–Kier alpha value is 0.0200. The fourth-order valence-corrected chi connectivity index (χ4v) is 2.77. The number of fused-ring (bicyclic) bond motifs is 1. The van der Waals surface area contributed by atoms with Crippen LogP contribution in [0.5, 0.6) is 0 Å². The summed E-state index contributed by atoms with van der Waals surface area (Å²) in [7, 11) is 0. The molecule has 4 heteroatoms. The van der Waals surface area contributed by atoms with Crippen molar-refractivity contribution in [3.05, 3.63) is 31.9 Å². The maximum atomic E-state index is 4.34. The monoisotopic (exact) mass is 382 g/mol. The molecule has 0 N–H and O–H groups in total. The van der Waals surface area contributed by atoms with Crippen LogP contribution in [0.4, 0.5) is 0 Å². The van der Waals surface area contributed by atoms with Crippen LogP contribution in [0.25, 0.3) is 10.8 Å². The molecule has 0 fully saturated rings. The lowest BCUT2D eigenvalue weighted by Crippen LogP contribution is -1.87. The van der Waals surface area contributed by atoms with Crippen LogP contribution in [-0.4, -0.2) is 9.97 Å². The molecule has 2 rings (SSSR count). The number of rotatable bonds is 0. The van der Waals surface area contributed by atoms with Crippen LogP contribution < -0.4 is 0 Å². The van der Waals surface area contributed by atoms with E-state index < -0.39 is 0 Å². The lowest BCUT2D eigenvalue weighted by atomic mass is 10.2. The highest BCUT2D eigenvalue weighted by atomic mass is 127. The first-order valence-electron chi connectivity index (χ1n) is 3.33. The van der Waals surface area contributed by atoms with Gasteiger partial charge in [-0.3, -0.25) is 4.98 Å². The second-order valence-electron chi connectivity index (χ2n) is 2.33. The number of pyridine rings is 2. The van der Waals surface area contributed by atoms with Gasteiger partial charge >= 0.3 is 0 Å². The zero-order valence-corrected chi connectivity index (χ0v) is 10.3. The van der Waals surface area contributed by atoms with E-state index >= 15 is 0 Å². The summed E-state index contributed by atoms with van der Waals surface area (Å²) in [6.45, 7) is 0. The number of hydrogen-bond acceptors (Lipinski definition) is 2. The van der Waals surface area contributed by atoms with Crippen molar-refractivity contribution in [2.75, 3.05) is 0 Å². The van der Waals surface area contributed by atoms with E-state index in [0.717, 1.165) is 12.8 Å². The Morgan fingerprint density at radius 1 is 1.25 bits per heavy atom. The molecule has 0 aliphatic rings. The molecule has 60 valence electrons. The predicted octanol–water partition coefficient (Wildman–Crippen LogP) is 2.84. The molecule has 0 radical (unpaired) electrons. The third kappa shape index (κ3) is 1.54. The SMILES string of the molecule is Ic1cc2ccncc2c(I)n1. The maximum Gasteiger partial charge on any atom is 0.111 e. The van der Waals surface area contributed by atoms with E-state index in [4.69, 9.17) is 0 Å². The van der Waals surface area contributed by atoms with Gasteiger partial charge in [0, 0.05) is 17.8 Å². The second-order valence-corrected chi connectivity index (χ2v) is 4.46. The fraction of sp³-hybridized carbons (Fsp3) is 0. The quantitative estimate of drug-likeness (QED) is 0.518. The second kappa shape index (κ2) is 3.41. The Balaban J connectivity index is 2.89. The first-order valence-corrected chi connectivity index (χ1v) is 5.49.